The number of carbonyl (C=O) groups is 2. The van der Waals surface area contributed by atoms with Crippen LogP contribution in [0.5, 0.6) is 0 Å². The van der Waals surface area contributed by atoms with Gasteiger partial charge in [0.1, 0.15) is 11.9 Å². The van der Waals surface area contributed by atoms with E-state index in [4.69, 9.17) is 5.73 Å². The molecule has 22 heavy (non-hydrogen) atoms. The van der Waals surface area contributed by atoms with Gasteiger partial charge in [-0.05, 0) is 35.9 Å². The Kier molecular flexibility index (Phi) is 4.73. The second kappa shape index (κ2) is 6.71. The molecule has 0 aromatic heterocycles. The molecular formula is C16H16FN3O2. The van der Waals surface area contributed by atoms with Crippen LogP contribution in [-0.4, -0.2) is 18.9 Å². The number of halogens is 1. The van der Waals surface area contributed by atoms with Crippen molar-refractivity contribution in [2.24, 2.45) is 5.73 Å². The van der Waals surface area contributed by atoms with Crippen LogP contribution in [0, 0.1) is 5.82 Å². The first-order chi connectivity index (χ1) is 10.5. The van der Waals surface area contributed by atoms with Crippen molar-refractivity contribution in [3.8, 4) is 0 Å². The monoisotopic (exact) mass is 301 g/mol. The molecule has 0 spiro atoms. The average molecular weight is 301 g/mol. The lowest BCUT2D eigenvalue weighted by molar-refractivity contribution is -0.118. The highest BCUT2D eigenvalue weighted by atomic mass is 19.1. The summed E-state index contributed by atoms with van der Waals surface area (Å²) in [5.74, 6) is -1.23. The Morgan fingerprint density at radius 3 is 2.41 bits per heavy atom. The van der Waals surface area contributed by atoms with E-state index in [0.29, 0.717) is 16.8 Å². The molecule has 2 aromatic rings. The molecule has 0 aliphatic heterocycles. The molecule has 2 amide bonds. The van der Waals surface area contributed by atoms with Crippen molar-refractivity contribution in [1.29, 1.82) is 0 Å². The van der Waals surface area contributed by atoms with Crippen LogP contribution in [-0.2, 0) is 4.79 Å². The Morgan fingerprint density at radius 2 is 1.82 bits per heavy atom. The topological polar surface area (TPSA) is 84.2 Å². The molecule has 0 aliphatic rings. The maximum atomic E-state index is 13.0. The predicted molar refractivity (Wildman–Crippen MR) is 81.8 cm³/mol. The maximum absolute atomic E-state index is 13.0. The van der Waals surface area contributed by atoms with Gasteiger partial charge in [0.15, 0.2) is 0 Å². The summed E-state index contributed by atoms with van der Waals surface area (Å²) in [5.41, 5.74) is 6.96. The Hall–Kier alpha value is -2.89. The van der Waals surface area contributed by atoms with Gasteiger partial charge in [0.25, 0.3) is 5.91 Å². The van der Waals surface area contributed by atoms with E-state index in [9.17, 15) is 14.0 Å². The molecule has 0 saturated heterocycles. The van der Waals surface area contributed by atoms with E-state index in [-0.39, 0.29) is 5.91 Å². The molecule has 4 N–H and O–H groups in total. The van der Waals surface area contributed by atoms with E-state index in [0.717, 1.165) is 0 Å². The highest BCUT2D eigenvalue weighted by Gasteiger charge is 2.18. The molecule has 114 valence electrons. The lowest BCUT2D eigenvalue weighted by Crippen LogP contribution is -2.28. The van der Waals surface area contributed by atoms with Crippen LogP contribution < -0.4 is 16.4 Å². The van der Waals surface area contributed by atoms with Gasteiger partial charge in [0.2, 0.25) is 5.91 Å². The fraction of sp³-hybridized carbons (Fsp3) is 0.125. The van der Waals surface area contributed by atoms with Gasteiger partial charge >= 0.3 is 0 Å². The summed E-state index contributed by atoms with van der Waals surface area (Å²) in [7, 11) is 1.53. The average Bonchev–Trinajstić information content (AvgIpc) is 2.53. The Labute approximate surface area is 127 Å². The normalized spacial score (nSPS) is 11.5. The number of hydrogen-bond donors (Lipinski definition) is 3. The molecule has 6 heteroatoms. The van der Waals surface area contributed by atoms with Crippen LogP contribution in [0.2, 0.25) is 0 Å². The number of nitrogens with two attached hydrogens (primary N) is 1. The van der Waals surface area contributed by atoms with Gasteiger partial charge in [-0.2, -0.15) is 0 Å². The predicted octanol–water partition coefficient (Wildman–Crippen LogP) is 1.82. The van der Waals surface area contributed by atoms with E-state index in [1.807, 2.05) is 0 Å². The zero-order valence-corrected chi connectivity index (χ0v) is 12.0. The van der Waals surface area contributed by atoms with Gasteiger partial charge < -0.3 is 16.4 Å². The minimum atomic E-state index is -0.819. The Morgan fingerprint density at radius 1 is 1.14 bits per heavy atom. The van der Waals surface area contributed by atoms with Crippen molar-refractivity contribution in [3.05, 3.63) is 65.5 Å². The van der Waals surface area contributed by atoms with Gasteiger partial charge in [-0.1, -0.05) is 18.2 Å². The van der Waals surface area contributed by atoms with Gasteiger partial charge in [0.05, 0.1) is 0 Å². The molecule has 1 unspecified atom stereocenters. The minimum absolute atomic E-state index is 0.235. The second-order valence-corrected chi connectivity index (χ2v) is 4.69. The summed E-state index contributed by atoms with van der Waals surface area (Å²) >= 11 is 0. The van der Waals surface area contributed by atoms with E-state index in [1.54, 1.807) is 24.3 Å². The number of benzene rings is 2. The van der Waals surface area contributed by atoms with Gasteiger partial charge in [0, 0.05) is 18.3 Å². The molecule has 2 rings (SSSR count). The van der Waals surface area contributed by atoms with Gasteiger partial charge in [-0.25, -0.2) is 4.39 Å². The Bertz CT molecular complexity index is 686. The number of primary amides is 1. The first-order valence-corrected chi connectivity index (χ1v) is 6.64. The van der Waals surface area contributed by atoms with Crippen LogP contribution in [0.15, 0.2) is 48.5 Å². The van der Waals surface area contributed by atoms with E-state index < -0.39 is 17.8 Å². The van der Waals surface area contributed by atoms with Crippen LogP contribution in [0.1, 0.15) is 22.0 Å². The van der Waals surface area contributed by atoms with Crippen molar-refractivity contribution in [3.63, 3.8) is 0 Å². The zero-order chi connectivity index (χ0) is 16.1. The van der Waals surface area contributed by atoms with Gasteiger partial charge in [-0.3, -0.25) is 9.59 Å². The SMILES string of the molecule is CNC(=O)c1cccc(NC(C(N)=O)c2ccc(F)cc2)c1. The lowest BCUT2D eigenvalue weighted by atomic mass is 10.1. The highest BCUT2D eigenvalue weighted by molar-refractivity contribution is 5.95. The number of nitrogens with one attached hydrogen (secondary N) is 2. The zero-order valence-electron chi connectivity index (χ0n) is 12.0. The minimum Gasteiger partial charge on any atom is -0.370 e. The standard InChI is InChI=1S/C16H16FN3O2/c1-19-16(22)11-3-2-4-13(9-11)20-14(15(18)21)10-5-7-12(17)8-6-10/h2-9,14,20H,1H3,(H2,18,21)(H,19,22). The molecule has 0 aliphatic carbocycles. The molecule has 0 saturated carbocycles. The number of anilines is 1. The molecule has 0 fully saturated rings. The molecule has 0 bridgehead atoms. The van der Waals surface area contributed by atoms with Crippen molar-refractivity contribution < 1.29 is 14.0 Å². The first-order valence-electron chi connectivity index (χ1n) is 6.64. The van der Waals surface area contributed by atoms with Crippen molar-refractivity contribution in [2.45, 2.75) is 6.04 Å². The summed E-state index contributed by atoms with van der Waals surface area (Å²) in [4.78, 5) is 23.3. The third kappa shape index (κ3) is 3.60. The van der Waals surface area contributed by atoms with Gasteiger partial charge in [-0.15, -0.1) is 0 Å². The highest BCUT2D eigenvalue weighted by Crippen LogP contribution is 2.20. The molecule has 5 nitrogen and oxygen atoms in total. The summed E-state index contributed by atoms with van der Waals surface area (Å²) in [5, 5.41) is 5.48. The first kappa shape index (κ1) is 15.5. The molecular weight excluding hydrogens is 285 g/mol. The van der Waals surface area contributed by atoms with E-state index in [2.05, 4.69) is 10.6 Å². The summed E-state index contributed by atoms with van der Waals surface area (Å²) in [6.07, 6.45) is 0. The number of carbonyl (C=O) groups excluding carboxylic acids is 2. The van der Waals surface area contributed by atoms with E-state index in [1.165, 1.54) is 31.3 Å². The van der Waals surface area contributed by atoms with Crippen LogP contribution in [0.3, 0.4) is 0 Å². The lowest BCUT2D eigenvalue weighted by Gasteiger charge is -2.17. The third-order valence-electron chi connectivity index (χ3n) is 3.15. The van der Waals surface area contributed by atoms with Crippen molar-refractivity contribution in [2.75, 3.05) is 12.4 Å². The number of rotatable bonds is 5. The molecule has 2 aromatic carbocycles. The fourth-order valence-electron chi connectivity index (χ4n) is 2.04. The van der Waals surface area contributed by atoms with Crippen LogP contribution >= 0.6 is 0 Å². The summed E-state index contributed by atoms with van der Waals surface area (Å²) < 4.78 is 13.0. The third-order valence-corrected chi connectivity index (χ3v) is 3.15. The van der Waals surface area contributed by atoms with Crippen molar-refractivity contribution in [1.82, 2.24) is 5.32 Å². The Balaban J connectivity index is 2.27. The van der Waals surface area contributed by atoms with Crippen LogP contribution in [0.25, 0.3) is 0 Å². The summed E-state index contributed by atoms with van der Waals surface area (Å²) in [6, 6.07) is 11.3. The summed E-state index contributed by atoms with van der Waals surface area (Å²) in [6.45, 7) is 0. The molecule has 0 radical (unpaired) electrons. The molecule has 0 heterocycles. The van der Waals surface area contributed by atoms with Crippen molar-refractivity contribution >= 4 is 17.5 Å². The molecule has 1 atom stereocenters. The smallest absolute Gasteiger partial charge is 0.251 e. The van der Waals surface area contributed by atoms with Crippen LogP contribution in [0.4, 0.5) is 10.1 Å². The quantitative estimate of drug-likeness (QED) is 0.787. The second-order valence-electron chi connectivity index (χ2n) is 4.69. The fourth-order valence-corrected chi connectivity index (χ4v) is 2.04. The maximum Gasteiger partial charge on any atom is 0.251 e. The number of amides is 2. The largest absolute Gasteiger partial charge is 0.370 e. The van der Waals surface area contributed by atoms with E-state index >= 15 is 0 Å². The number of hydrogen-bond acceptors (Lipinski definition) is 3.